The molecule has 0 aliphatic carbocycles. The van der Waals surface area contributed by atoms with E-state index < -0.39 is 0 Å². The minimum absolute atomic E-state index is 0.269. The summed E-state index contributed by atoms with van der Waals surface area (Å²) in [5, 5.41) is 0. The Kier molecular flexibility index (Phi) is 5.49. The number of nitrogens with zero attached hydrogens (tertiary/aromatic N) is 3. The van der Waals surface area contributed by atoms with E-state index in [1.165, 1.54) is 50.9 Å². The van der Waals surface area contributed by atoms with Crippen molar-refractivity contribution >= 4 is 17.3 Å². The van der Waals surface area contributed by atoms with Gasteiger partial charge in [0.05, 0.1) is 0 Å². The van der Waals surface area contributed by atoms with Gasteiger partial charge in [-0.25, -0.2) is 0 Å². The Balaban J connectivity index is 1.30. The molecule has 4 rings (SSSR count). The summed E-state index contributed by atoms with van der Waals surface area (Å²) in [5.41, 5.74) is 2.37. The highest BCUT2D eigenvalue weighted by Crippen LogP contribution is 2.30. The van der Waals surface area contributed by atoms with Crippen molar-refractivity contribution in [3.05, 3.63) is 24.3 Å². The monoisotopic (exact) mass is 355 g/mol. The molecule has 0 N–H and O–H groups in total. The second kappa shape index (κ2) is 7.99. The number of carbonyl (C=O) groups excluding carboxylic acids is 1. The molecule has 3 fully saturated rings. The predicted molar refractivity (Wildman–Crippen MR) is 108 cm³/mol. The first-order valence-electron chi connectivity index (χ1n) is 10.6. The molecule has 0 unspecified atom stereocenters. The minimum Gasteiger partial charge on any atom is -0.371 e. The third-order valence-corrected chi connectivity index (χ3v) is 6.60. The summed E-state index contributed by atoms with van der Waals surface area (Å²) in [5.74, 6) is 1.21. The highest BCUT2D eigenvalue weighted by molar-refractivity contribution is 5.95. The van der Waals surface area contributed by atoms with Crippen LogP contribution < -0.4 is 9.80 Å². The number of hydrogen-bond acceptors (Lipinski definition) is 3. The summed E-state index contributed by atoms with van der Waals surface area (Å²) in [7, 11) is 0. The molecule has 0 saturated carbocycles. The molecule has 142 valence electrons. The van der Waals surface area contributed by atoms with Gasteiger partial charge in [-0.15, -0.1) is 0 Å². The van der Waals surface area contributed by atoms with E-state index in [0.29, 0.717) is 6.42 Å². The number of piperidine rings is 1. The SMILES string of the molecule is CCC[C@H]1CCN(C2CCN(c3ccc(N4CCCC4=O)cc3)CC2)C1. The standard InChI is InChI=1S/C22H33N3O/c1-2-4-18-10-14-24(17-18)20-11-15-23(16-12-20)19-6-8-21(9-7-19)25-13-3-5-22(25)26/h6-9,18,20H,2-5,10-17H2,1H3/t18-/m0/s1. The molecule has 0 bridgehead atoms. The molecule has 1 aromatic rings. The first-order valence-corrected chi connectivity index (χ1v) is 10.6. The fourth-order valence-corrected chi connectivity index (χ4v) is 5.09. The molecular formula is C22H33N3O. The fraction of sp³-hybridized carbons (Fsp3) is 0.682. The maximum Gasteiger partial charge on any atom is 0.227 e. The molecule has 3 aliphatic rings. The number of carbonyl (C=O) groups is 1. The fourth-order valence-electron chi connectivity index (χ4n) is 5.09. The lowest BCUT2D eigenvalue weighted by atomic mass is 10.0. The molecule has 0 radical (unpaired) electrons. The first-order chi connectivity index (χ1) is 12.7. The van der Waals surface area contributed by atoms with E-state index in [2.05, 4.69) is 41.0 Å². The van der Waals surface area contributed by atoms with Gasteiger partial charge in [0.1, 0.15) is 0 Å². The van der Waals surface area contributed by atoms with Gasteiger partial charge < -0.3 is 9.80 Å². The summed E-state index contributed by atoms with van der Waals surface area (Å²) >= 11 is 0. The first kappa shape index (κ1) is 17.8. The number of anilines is 2. The van der Waals surface area contributed by atoms with Crippen molar-refractivity contribution in [3.8, 4) is 0 Å². The van der Waals surface area contributed by atoms with Crippen molar-refractivity contribution in [2.24, 2.45) is 5.92 Å². The Morgan fingerprint density at radius 3 is 2.35 bits per heavy atom. The molecule has 4 nitrogen and oxygen atoms in total. The van der Waals surface area contributed by atoms with Crippen molar-refractivity contribution in [2.45, 2.75) is 57.9 Å². The van der Waals surface area contributed by atoms with Crippen LogP contribution in [0.15, 0.2) is 24.3 Å². The second-order valence-electron chi connectivity index (χ2n) is 8.32. The maximum atomic E-state index is 11.9. The van der Waals surface area contributed by atoms with Crippen LogP contribution in [0, 0.1) is 5.92 Å². The van der Waals surface area contributed by atoms with Crippen molar-refractivity contribution in [3.63, 3.8) is 0 Å². The summed E-state index contributed by atoms with van der Waals surface area (Å²) in [6, 6.07) is 9.44. The summed E-state index contributed by atoms with van der Waals surface area (Å²) in [6.45, 7) is 8.14. The molecule has 3 heterocycles. The lowest BCUT2D eigenvalue weighted by Gasteiger charge is -2.38. The average Bonchev–Trinajstić information content (AvgIpc) is 3.32. The van der Waals surface area contributed by atoms with Gasteiger partial charge in [-0.1, -0.05) is 13.3 Å². The number of amides is 1. The summed E-state index contributed by atoms with van der Waals surface area (Å²) < 4.78 is 0. The number of rotatable bonds is 5. The Morgan fingerprint density at radius 2 is 1.69 bits per heavy atom. The molecule has 1 atom stereocenters. The van der Waals surface area contributed by atoms with Gasteiger partial charge in [-0.2, -0.15) is 0 Å². The van der Waals surface area contributed by atoms with Crippen LogP contribution in [0.5, 0.6) is 0 Å². The smallest absolute Gasteiger partial charge is 0.227 e. The van der Waals surface area contributed by atoms with Crippen LogP contribution in [-0.2, 0) is 4.79 Å². The van der Waals surface area contributed by atoms with Gasteiger partial charge in [0.25, 0.3) is 0 Å². The summed E-state index contributed by atoms with van der Waals surface area (Å²) in [4.78, 5) is 19.1. The molecule has 26 heavy (non-hydrogen) atoms. The Labute approximate surface area is 158 Å². The van der Waals surface area contributed by atoms with Crippen LogP contribution in [0.4, 0.5) is 11.4 Å². The molecule has 0 spiro atoms. The Bertz CT molecular complexity index is 606. The van der Waals surface area contributed by atoms with Crippen molar-refractivity contribution in [2.75, 3.05) is 42.5 Å². The van der Waals surface area contributed by atoms with Gasteiger partial charge in [0.15, 0.2) is 0 Å². The average molecular weight is 356 g/mol. The molecule has 1 aromatic carbocycles. The van der Waals surface area contributed by atoms with Crippen molar-refractivity contribution in [1.82, 2.24) is 4.90 Å². The normalized spacial score (nSPS) is 25.4. The van der Waals surface area contributed by atoms with Gasteiger partial charge in [-0.05, 0) is 68.8 Å². The number of benzene rings is 1. The number of likely N-dealkylation sites (tertiary alicyclic amines) is 1. The Hall–Kier alpha value is -1.55. The molecule has 3 saturated heterocycles. The van der Waals surface area contributed by atoms with E-state index in [1.54, 1.807) is 0 Å². The van der Waals surface area contributed by atoms with Crippen molar-refractivity contribution < 1.29 is 4.79 Å². The third-order valence-electron chi connectivity index (χ3n) is 6.60. The van der Waals surface area contributed by atoms with Crippen LogP contribution in [0.1, 0.15) is 51.9 Å². The van der Waals surface area contributed by atoms with Gasteiger partial charge in [0.2, 0.25) is 5.91 Å². The summed E-state index contributed by atoms with van der Waals surface area (Å²) in [6.07, 6.45) is 8.40. The highest BCUT2D eigenvalue weighted by Gasteiger charge is 2.30. The quantitative estimate of drug-likeness (QED) is 0.801. The van der Waals surface area contributed by atoms with Gasteiger partial charge in [-0.3, -0.25) is 9.69 Å². The van der Waals surface area contributed by atoms with Crippen LogP contribution in [0.3, 0.4) is 0 Å². The van der Waals surface area contributed by atoms with E-state index in [4.69, 9.17) is 0 Å². The maximum absolute atomic E-state index is 11.9. The highest BCUT2D eigenvalue weighted by atomic mass is 16.2. The van der Waals surface area contributed by atoms with Crippen molar-refractivity contribution in [1.29, 1.82) is 0 Å². The zero-order chi connectivity index (χ0) is 17.9. The topological polar surface area (TPSA) is 26.8 Å². The largest absolute Gasteiger partial charge is 0.371 e. The van der Waals surface area contributed by atoms with Crippen LogP contribution >= 0.6 is 0 Å². The lowest BCUT2D eigenvalue weighted by Crippen LogP contribution is -2.44. The second-order valence-corrected chi connectivity index (χ2v) is 8.32. The zero-order valence-corrected chi connectivity index (χ0v) is 16.2. The van der Waals surface area contributed by atoms with Crippen LogP contribution in [0.2, 0.25) is 0 Å². The Morgan fingerprint density at radius 1 is 0.962 bits per heavy atom. The molecule has 1 amide bonds. The molecule has 4 heteroatoms. The lowest BCUT2D eigenvalue weighted by molar-refractivity contribution is -0.117. The van der Waals surface area contributed by atoms with E-state index in [9.17, 15) is 4.79 Å². The van der Waals surface area contributed by atoms with Crippen LogP contribution in [-0.4, -0.2) is 49.6 Å². The molecular weight excluding hydrogens is 322 g/mol. The molecule has 0 aromatic heterocycles. The van der Waals surface area contributed by atoms with Gasteiger partial charge >= 0.3 is 0 Å². The predicted octanol–water partition coefficient (Wildman–Crippen LogP) is 3.90. The van der Waals surface area contributed by atoms with E-state index in [1.807, 2.05) is 4.90 Å². The zero-order valence-electron chi connectivity index (χ0n) is 16.2. The van der Waals surface area contributed by atoms with Gasteiger partial charge in [0, 0.05) is 50.0 Å². The van der Waals surface area contributed by atoms with E-state index in [0.717, 1.165) is 43.7 Å². The minimum atomic E-state index is 0.269. The number of hydrogen-bond donors (Lipinski definition) is 0. The molecule has 3 aliphatic heterocycles. The van der Waals surface area contributed by atoms with E-state index in [-0.39, 0.29) is 5.91 Å². The third kappa shape index (κ3) is 3.75. The van der Waals surface area contributed by atoms with Crippen LogP contribution in [0.25, 0.3) is 0 Å². The van der Waals surface area contributed by atoms with E-state index >= 15 is 0 Å².